The van der Waals surface area contributed by atoms with Gasteiger partial charge in [0.1, 0.15) is 0 Å². The van der Waals surface area contributed by atoms with Gasteiger partial charge in [-0.15, -0.1) is 0 Å². The first-order chi connectivity index (χ1) is 12.1. The van der Waals surface area contributed by atoms with Crippen LogP contribution in [0.3, 0.4) is 0 Å². The maximum Gasteiger partial charge on any atom is 0.307 e. The van der Waals surface area contributed by atoms with Gasteiger partial charge in [0.2, 0.25) is 11.9 Å². The number of nitrogens with one attached hydrogen (secondary N) is 4. The Balaban J connectivity index is 1.80. The van der Waals surface area contributed by atoms with Crippen molar-refractivity contribution < 1.29 is 19.1 Å². The third kappa shape index (κ3) is 5.98. The fraction of sp³-hybridized carbons (Fsp3) is 0.250. The van der Waals surface area contributed by atoms with Crippen molar-refractivity contribution in [1.29, 1.82) is 0 Å². The highest BCUT2D eigenvalue weighted by Crippen LogP contribution is 2.14. The molecule has 0 aliphatic rings. The molecule has 0 radical (unpaired) electrons. The predicted octanol–water partition coefficient (Wildman–Crippen LogP) is 0.562. The lowest BCUT2D eigenvalue weighted by molar-refractivity contribution is -0.140. The van der Waals surface area contributed by atoms with Crippen molar-refractivity contribution >= 4 is 29.4 Å². The van der Waals surface area contributed by atoms with E-state index in [2.05, 4.69) is 30.7 Å². The van der Waals surface area contributed by atoms with Gasteiger partial charge in [0, 0.05) is 30.2 Å². The van der Waals surface area contributed by atoms with Gasteiger partial charge < -0.3 is 25.7 Å². The number of amides is 2. The van der Waals surface area contributed by atoms with Gasteiger partial charge >= 0.3 is 5.97 Å². The normalized spacial score (nSPS) is 9.96. The van der Waals surface area contributed by atoms with Crippen molar-refractivity contribution in [3.63, 3.8) is 0 Å². The molecule has 1 aromatic carbocycles. The van der Waals surface area contributed by atoms with Gasteiger partial charge in [-0.05, 0) is 18.2 Å². The summed E-state index contributed by atoms with van der Waals surface area (Å²) in [5.41, 5.74) is 1.09. The molecule has 2 rings (SSSR count). The van der Waals surface area contributed by atoms with Crippen LogP contribution in [0.4, 0.5) is 11.6 Å². The van der Waals surface area contributed by atoms with Gasteiger partial charge in [0.05, 0.1) is 20.1 Å². The van der Waals surface area contributed by atoms with Crippen LogP contribution < -0.4 is 16.0 Å². The van der Waals surface area contributed by atoms with Crippen LogP contribution in [0.5, 0.6) is 0 Å². The van der Waals surface area contributed by atoms with Crippen LogP contribution in [0.15, 0.2) is 36.7 Å². The molecular weight excluding hydrogens is 326 g/mol. The molecule has 9 nitrogen and oxygen atoms in total. The van der Waals surface area contributed by atoms with Gasteiger partial charge in [0.25, 0.3) is 5.91 Å². The number of hydrogen-bond acceptors (Lipinski definition) is 6. The minimum atomic E-state index is -0.412. The number of nitrogens with zero attached hydrogens (tertiary/aromatic N) is 1. The summed E-state index contributed by atoms with van der Waals surface area (Å²) < 4.78 is 4.46. The number of aromatic amines is 1. The number of imidazole rings is 1. The minimum Gasteiger partial charge on any atom is -0.469 e. The molecule has 2 amide bonds. The number of rotatable bonds is 8. The number of carbonyl (C=O) groups excluding carboxylic acids is 3. The van der Waals surface area contributed by atoms with Gasteiger partial charge in [-0.1, -0.05) is 6.07 Å². The first kappa shape index (κ1) is 18.0. The van der Waals surface area contributed by atoms with E-state index in [9.17, 15) is 14.4 Å². The molecule has 132 valence electrons. The number of benzene rings is 1. The first-order valence-corrected chi connectivity index (χ1v) is 7.56. The van der Waals surface area contributed by atoms with E-state index in [4.69, 9.17) is 0 Å². The lowest BCUT2D eigenvalue weighted by Crippen LogP contribution is -2.37. The zero-order valence-corrected chi connectivity index (χ0v) is 13.7. The number of esters is 1. The largest absolute Gasteiger partial charge is 0.469 e. The molecule has 25 heavy (non-hydrogen) atoms. The van der Waals surface area contributed by atoms with Crippen LogP contribution in [0.1, 0.15) is 16.8 Å². The van der Waals surface area contributed by atoms with Crippen LogP contribution in [0.2, 0.25) is 0 Å². The molecule has 0 aliphatic carbocycles. The summed E-state index contributed by atoms with van der Waals surface area (Å²) in [6.45, 7) is -0.0280. The summed E-state index contributed by atoms with van der Waals surface area (Å²) in [7, 11) is 1.28. The molecule has 0 fully saturated rings. The van der Waals surface area contributed by atoms with E-state index in [0.29, 0.717) is 17.2 Å². The fourth-order valence-corrected chi connectivity index (χ4v) is 1.94. The predicted molar refractivity (Wildman–Crippen MR) is 90.3 cm³/mol. The van der Waals surface area contributed by atoms with E-state index in [0.717, 1.165) is 0 Å². The van der Waals surface area contributed by atoms with Gasteiger partial charge in [-0.3, -0.25) is 14.4 Å². The van der Waals surface area contributed by atoms with Crippen LogP contribution in [-0.4, -0.2) is 48.0 Å². The number of carbonyl (C=O) groups is 3. The average Bonchev–Trinajstić information content (AvgIpc) is 3.12. The Bertz CT molecular complexity index is 730. The Morgan fingerprint density at radius 1 is 1.24 bits per heavy atom. The third-order valence-corrected chi connectivity index (χ3v) is 3.17. The highest BCUT2D eigenvalue weighted by molar-refractivity contribution is 5.97. The molecule has 9 heteroatoms. The maximum absolute atomic E-state index is 12.1. The van der Waals surface area contributed by atoms with Crippen molar-refractivity contribution in [2.45, 2.75) is 6.42 Å². The summed E-state index contributed by atoms with van der Waals surface area (Å²) in [6, 6.07) is 6.79. The molecule has 0 atom stereocenters. The quantitative estimate of drug-likeness (QED) is 0.518. The summed E-state index contributed by atoms with van der Waals surface area (Å²) in [4.78, 5) is 41.6. The highest BCUT2D eigenvalue weighted by Gasteiger charge is 2.09. The number of H-pyrrole nitrogens is 1. The summed E-state index contributed by atoms with van der Waals surface area (Å²) in [5, 5.41) is 8.05. The lowest BCUT2D eigenvalue weighted by Gasteiger charge is -2.08. The second kappa shape index (κ2) is 9.06. The second-order valence-electron chi connectivity index (χ2n) is 5.00. The maximum atomic E-state index is 12.1. The van der Waals surface area contributed by atoms with Crippen LogP contribution in [-0.2, 0) is 14.3 Å². The van der Waals surface area contributed by atoms with Gasteiger partial charge in [0.15, 0.2) is 0 Å². The topological polar surface area (TPSA) is 125 Å². The molecule has 1 aromatic heterocycles. The van der Waals surface area contributed by atoms with Crippen molar-refractivity contribution in [2.24, 2.45) is 0 Å². The van der Waals surface area contributed by atoms with Crippen molar-refractivity contribution in [1.82, 2.24) is 20.6 Å². The second-order valence-corrected chi connectivity index (χ2v) is 5.00. The van der Waals surface area contributed by atoms with Crippen molar-refractivity contribution in [2.75, 3.05) is 25.5 Å². The van der Waals surface area contributed by atoms with Crippen molar-refractivity contribution in [3.05, 3.63) is 42.2 Å². The number of anilines is 2. The molecule has 1 heterocycles. The van der Waals surface area contributed by atoms with Crippen LogP contribution in [0, 0.1) is 0 Å². The van der Waals surface area contributed by atoms with E-state index in [1.807, 2.05) is 0 Å². The zero-order chi connectivity index (χ0) is 18.1. The third-order valence-electron chi connectivity index (χ3n) is 3.17. The molecule has 0 bridgehead atoms. The number of methoxy groups -OCH3 is 1. The number of ether oxygens (including phenoxy) is 1. The van der Waals surface area contributed by atoms with E-state index in [1.165, 1.54) is 7.11 Å². The number of hydrogen-bond donors (Lipinski definition) is 4. The number of aromatic nitrogens is 2. The standard InChI is InChI=1S/C16H19N5O4/c1-25-14(23)5-6-17-13(22)10-20-15(24)11-3-2-4-12(9-11)21-16-18-7-8-19-16/h2-4,7-9H,5-6,10H2,1H3,(H,17,22)(H,20,24)(H2,18,19,21). The molecular formula is C16H19N5O4. The Kier molecular flexibility index (Phi) is 6.52. The van der Waals surface area contributed by atoms with Gasteiger partial charge in [-0.25, -0.2) is 4.98 Å². The molecule has 0 aliphatic heterocycles. The highest BCUT2D eigenvalue weighted by atomic mass is 16.5. The summed E-state index contributed by atoms with van der Waals surface area (Å²) >= 11 is 0. The molecule has 2 aromatic rings. The molecule has 0 spiro atoms. The zero-order valence-electron chi connectivity index (χ0n) is 13.7. The van der Waals surface area contributed by atoms with Crippen molar-refractivity contribution in [3.8, 4) is 0 Å². The average molecular weight is 345 g/mol. The first-order valence-electron chi connectivity index (χ1n) is 7.56. The smallest absolute Gasteiger partial charge is 0.307 e. The summed E-state index contributed by atoms with van der Waals surface area (Å²) in [6.07, 6.45) is 3.37. The Morgan fingerprint density at radius 2 is 2.08 bits per heavy atom. The summed E-state index contributed by atoms with van der Waals surface area (Å²) in [5.74, 6) is -0.624. The van der Waals surface area contributed by atoms with E-state index >= 15 is 0 Å². The molecule has 0 saturated heterocycles. The molecule has 0 unspecified atom stereocenters. The van der Waals surface area contributed by atoms with Gasteiger partial charge in [-0.2, -0.15) is 0 Å². The van der Waals surface area contributed by atoms with Crippen LogP contribution in [0.25, 0.3) is 0 Å². The Morgan fingerprint density at radius 3 is 2.80 bits per heavy atom. The molecule has 4 N–H and O–H groups in total. The van der Waals surface area contributed by atoms with Crippen LogP contribution >= 0.6 is 0 Å². The minimum absolute atomic E-state index is 0.0800. The van der Waals surface area contributed by atoms with E-state index in [-0.39, 0.29) is 31.3 Å². The Hall–Kier alpha value is -3.36. The monoisotopic (exact) mass is 345 g/mol. The van der Waals surface area contributed by atoms with E-state index < -0.39 is 5.97 Å². The lowest BCUT2D eigenvalue weighted by atomic mass is 10.2. The van der Waals surface area contributed by atoms with E-state index in [1.54, 1.807) is 36.7 Å². The fourth-order valence-electron chi connectivity index (χ4n) is 1.94. The SMILES string of the molecule is COC(=O)CCNC(=O)CNC(=O)c1cccc(Nc2ncc[nH]2)c1. The molecule has 0 saturated carbocycles. The Labute approximate surface area is 144 Å².